The van der Waals surface area contributed by atoms with Crippen LogP contribution in [-0.4, -0.2) is 60.6 Å². The maximum atomic E-state index is 12.3. The summed E-state index contributed by atoms with van der Waals surface area (Å²) in [7, 11) is 1.54. The fraction of sp³-hybridized carbons (Fsp3) is 0.438. The van der Waals surface area contributed by atoms with E-state index in [2.05, 4.69) is 5.32 Å². The van der Waals surface area contributed by atoms with Crippen LogP contribution < -0.4 is 14.8 Å². The lowest BCUT2D eigenvalue weighted by molar-refractivity contribution is -0.150. The van der Waals surface area contributed by atoms with Gasteiger partial charge in [-0.05, 0) is 31.2 Å². The van der Waals surface area contributed by atoms with Crippen LogP contribution in [0.2, 0.25) is 0 Å². The van der Waals surface area contributed by atoms with Crippen molar-refractivity contribution < 1.29 is 29.0 Å². The molecule has 0 aliphatic rings. The van der Waals surface area contributed by atoms with Gasteiger partial charge >= 0.3 is 5.97 Å². The predicted molar refractivity (Wildman–Crippen MR) is 86.0 cm³/mol. The van der Waals surface area contributed by atoms with E-state index in [4.69, 9.17) is 14.6 Å². The molecule has 0 aliphatic carbocycles. The summed E-state index contributed by atoms with van der Waals surface area (Å²) in [5.41, 5.74) is 0. The van der Waals surface area contributed by atoms with Crippen molar-refractivity contribution >= 4 is 17.8 Å². The molecule has 0 saturated heterocycles. The number of hydrogen-bond acceptors (Lipinski definition) is 5. The van der Waals surface area contributed by atoms with E-state index in [0.717, 1.165) is 4.90 Å². The Morgan fingerprint density at radius 1 is 1.21 bits per heavy atom. The molecule has 1 aromatic carbocycles. The summed E-state index contributed by atoms with van der Waals surface area (Å²) in [6.07, 6.45) is 0. The number of rotatable bonds is 9. The Balaban J connectivity index is 2.64. The largest absolute Gasteiger partial charge is 0.497 e. The molecule has 0 bridgehead atoms. The summed E-state index contributed by atoms with van der Waals surface area (Å²) in [6.45, 7) is 2.70. The Bertz CT molecular complexity index is 572. The first-order valence-corrected chi connectivity index (χ1v) is 7.38. The number of amides is 2. The van der Waals surface area contributed by atoms with Crippen molar-refractivity contribution in [3.05, 3.63) is 24.3 Å². The molecule has 0 heterocycles. The number of carboxylic acid groups (broad SMARTS) is 1. The predicted octanol–water partition coefficient (Wildman–Crippen LogP) is 0.512. The van der Waals surface area contributed by atoms with Gasteiger partial charge in [0, 0.05) is 20.0 Å². The molecule has 1 atom stereocenters. The number of carboxylic acids is 1. The quantitative estimate of drug-likeness (QED) is 0.680. The molecule has 1 unspecified atom stereocenters. The molecule has 1 aromatic rings. The van der Waals surface area contributed by atoms with Crippen LogP contribution in [0, 0.1) is 0 Å². The number of ether oxygens (including phenoxy) is 2. The maximum absolute atomic E-state index is 12.3. The van der Waals surface area contributed by atoms with E-state index in [1.54, 1.807) is 31.4 Å². The van der Waals surface area contributed by atoms with Crippen LogP contribution in [0.25, 0.3) is 0 Å². The SMILES string of the molecule is COc1ccc(OCC(=O)N(CCNC(C)=O)C(C)C(=O)O)cc1. The van der Waals surface area contributed by atoms with Gasteiger partial charge in [-0.25, -0.2) is 4.79 Å². The standard InChI is InChI=1S/C16H22N2O6/c1-11(16(21)22)18(9-8-17-12(2)19)15(20)10-24-14-6-4-13(23-3)5-7-14/h4-7,11H,8-10H2,1-3H3,(H,17,19)(H,21,22). The molecule has 1 rings (SSSR count). The van der Waals surface area contributed by atoms with E-state index in [-0.39, 0.29) is 25.6 Å². The van der Waals surface area contributed by atoms with E-state index < -0.39 is 17.9 Å². The second kappa shape index (κ2) is 9.39. The smallest absolute Gasteiger partial charge is 0.326 e. The Labute approximate surface area is 140 Å². The number of carbonyl (C=O) groups excluding carboxylic acids is 2. The topological polar surface area (TPSA) is 105 Å². The first kappa shape index (κ1) is 19.3. The number of hydrogen-bond donors (Lipinski definition) is 2. The highest BCUT2D eigenvalue weighted by Gasteiger charge is 2.25. The van der Waals surface area contributed by atoms with E-state index in [0.29, 0.717) is 11.5 Å². The second-order valence-electron chi connectivity index (χ2n) is 5.05. The zero-order valence-corrected chi connectivity index (χ0v) is 13.9. The number of nitrogens with zero attached hydrogens (tertiary/aromatic N) is 1. The lowest BCUT2D eigenvalue weighted by Crippen LogP contribution is -2.48. The van der Waals surface area contributed by atoms with Gasteiger partial charge in [0.1, 0.15) is 17.5 Å². The molecular weight excluding hydrogens is 316 g/mol. The van der Waals surface area contributed by atoms with Crippen LogP contribution in [0.1, 0.15) is 13.8 Å². The van der Waals surface area contributed by atoms with E-state index >= 15 is 0 Å². The fourth-order valence-corrected chi connectivity index (χ4v) is 1.92. The van der Waals surface area contributed by atoms with Gasteiger partial charge in [-0.15, -0.1) is 0 Å². The molecule has 24 heavy (non-hydrogen) atoms. The van der Waals surface area contributed by atoms with Crippen molar-refractivity contribution in [1.29, 1.82) is 0 Å². The summed E-state index contributed by atoms with van der Waals surface area (Å²) in [4.78, 5) is 35.5. The average molecular weight is 338 g/mol. The van der Waals surface area contributed by atoms with Crippen molar-refractivity contribution in [2.75, 3.05) is 26.8 Å². The number of benzene rings is 1. The summed E-state index contributed by atoms with van der Waals surface area (Å²) >= 11 is 0. The third-order valence-electron chi connectivity index (χ3n) is 3.29. The number of carbonyl (C=O) groups is 3. The van der Waals surface area contributed by atoms with Crippen molar-refractivity contribution in [2.24, 2.45) is 0 Å². The molecule has 0 fully saturated rings. The number of nitrogens with one attached hydrogen (secondary N) is 1. The fourth-order valence-electron chi connectivity index (χ4n) is 1.92. The minimum atomic E-state index is -1.13. The summed E-state index contributed by atoms with van der Waals surface area (Å²) in [6, 6.07) is 5.65. The Kier molecular flexibility index (Phi) is 7.54. The molecule has 8 nitrogen and oxygen atoms in total. The number of methoxy groups -OCH3 is 1. The highest BCUT2D eigenvalue weighted by Crippen LogP contribution is 2.17. The Hall–Kier alpha value is -2.77. The van der Waals surface area contributed by atoms with Crippen LogP contribution in [-0.2, 0) is 14.4 Å². The lowest BCUT2D eigenvalue weighted by atomic mass is 10.2. The lowest BCUT2D eigenvalue weighted by Gasteiger charge is -2.26. The highest BCUT2D eigenvalue weighted by molar-refractivity contribution is 5.84. The maximum Gasteiger partial charge on any atom is 0.326 e. The van der Waals surface area contributed by atoms with Crippen LogP contribution in [0.15, 0.2) is 24.3 Å². The van der Waals surface area contributed by atoms with Gasteiger partial charge < -0.3 is 24.8 Å². The van der Waals surface area contributed by atoms with Gasteiger partial charge in [0.05, 0.1) is 7.11 Å². The van der Waals surface area contributed by atoms with Gasteiger partial charge in [0.25, 0.3) is 5.91 Å². The van der Waals surface area contributed by atoms with E-state index in [9.17, 15) is 14.4 Å². The van der Waals surface area contributed by atoms with Crippen LogP contribution in [0.3, 0.4) is 0 Å². The van der Waals surface area contributed by atoms with E-state index in [1.165, 1.54) is 13.8 Å². The molecule has 0 aliphatic heterocycles. The Morgan fingerprint density at radius 3 is 2.29 bits per heavy atom. The minimum absolute atomic E-state index is 0.0812. The normalized spacial score (nSPS) is 11.3. The van der Waals surface area contributed by atoms with Crippen molar-refractivity contribution in [3.63, 3.8) is 0 Å². The van der Waals surface area contributed by atoms with Gasteiger partial charge in [-0.1, -0.05) is 0 Å². The van der Waals surface area contributed by atoms with Crippen LogP contribution in [0.4, 0.5) is 0 Å². The van der Waals surface area contributed by atoms with Crippen molar-refractivity contribution in [3.8, 4) is 11.5 Å². The van der Waals surface area contributed by atoms with Gasteiger partial charge in [-0.2, -0.15) is 0 Å². The molecule has 0 aromatic heterocycles. The van der Waals surface area contributed by atoms with Gasteiger partial charge in [0.2, 0.25) is 5.91 Å². The summed E-state index contributed by atoms with van der Waals surface area (Å²) < 4.78 is 10.4. The molecule has 0 spiro atoms. The monoisotopic (exact) mass is 338 g/mol. The van der Waals surface area contributed by atoms with Crippen molar-refractivity contribution in [1.82, 2.24) is 10.2 Å². The second-order valence-corrected chi connectivity index (χ2v) is 5.05. The summed E-state index contributed by atoms with van der Waals surface area (Å²) in [5, 5.41) is 11.6. The van der Waals surface area contributed by atoms with E-state index in [1.807, 2.05) is 0 Å². The molecule has 132 valence electrons. The molecule has 8 heteroatoms. The molecular formula is C16H22N2O6. The first-order valence-electron chi connectivity index (χ1n) is 7.38. The van der Waals surface area contributed by atoms with Crippen LogP contribution >= 0.6 is 0 Å². The molecule has 0 radical (unpaired) electrons. The highest BCUT2D eigenvalue weighted by atomic mass is 16.5. The van der Waals surface area contributed by atoms with Crippen molar-refractivity contribution in [2.45, 2.75) is 19.9 Å². The Morgan fingerprint density at radius 2 is 1.79 bits per heavy atom. The van der Waals surface area contributed by atoms with Gasteiger partial charge in [-0.3, -0.25) is 9.59 Å². The zero-order chi connectivity index (χ0) is 18.1. The van der Waals surface area contributed by atoms with Crippen LogP contribution in [0.5, 0.6) is 11.5 Å². The first-order chi connectivity index (χ1) is 11.3. The summed E-state index contributed by atoms with van der Waals surface area (Å²) in [5.74, 6) is -0.736. The average Bonchev–Trinajstić information content (AvgIpc) is 2.56. The van der Waals surface area contributed by atoms with Gasteiger partial charge in [0.15, 0.2) is 6.61 Å². The minimum Gasteiger partial charge on any atom is -0.497 e. The zero-order valence-electron chi connectivity index (χ0n) is 13.9. The third-order valence-corrected chi connectivity index (χ3v) is 3.29. The molecule has 2 amide bonds. The third kappa shape index (κ3) is 6.15. The number of aliphatic carboxylic acids is 1. The molecule has 2 N–H and O–H groups in total. The molecule has 0 saturated carbocycles.